The standard InChI is InChI=1S/C25H28FN3O3/c1-3-24-23(17-28(18(2)30)16-22-10-7-15-31-22)25(32-21-13-11-19(26)12-14-21)29(27-24)20-8-5-4-6-9-20/h4-6,8-9,11-14,22H,3,7,10,15-17H2,1-2H3. The van der Waals surface area contributed by atoms with Crippen LogP contribution in [0.1, 0.15) is 37.9 Å². The van der Waals surface area contributed by atoms with Gasteiger partial charge in [0.05, 0.1) is 29.6 Å². The Hall–Kier alpha value is -3.19. The third-order valence-corrected chi connectivity index (χ3v) is 5.63. The number of rotatable bonds is 8. The van der Waals surface area contributed by atoms with Crippen molar-refractivity contribution in [3.05, 3.63) is 71.7 Å². The second-order valence-electron chi connectivity index (χ2n) is 7.92. The molecule has 1 aliphatic rings. The summed E-state index contributed by atoms with van der Waals surface area (Å²) in [7, 11) is 0. The van der Waals surface area contributed by atoms with Gasteiger partial charge in [0.2, 0.25) is 11.8 Å². The summed E-state index contributed by atoms with van der Waals surface area (Å²) in [6.45, 7) is 5.23. The number of halogens is 1. The quantitative estimate of drug-likeness (QED) is 0.503. The molecule has 0 spiro atoms. The van der Waals surface area contributed by atoms with Gasteiger partial charge in [-0.1, -0.05) is 25.1 Å². The summed E-state index contributed by atoms with van der Waals surface area (Å²) in [4.78, 5) is 14.3. The summed E-state index contributed by atoms with van der Waals surface area (Å²) in [6, 6.07) is 15.6. The zero-order chi connectivity index (χ0) is 22.5. The number of hydrogen-bond acceptors (Lipinski definition) is 4. The predicted octanol–water partition coefficient (Wildman–Crippen LogP) is 4.89. The van der Waals surface area contributed by atoms with Crippen molar-refractivity contribution in [2.45, 2.75) is 45.8 Å². The first kappa shape index (κ1) is 22.0. The van der Waals surface area contributed by atoms with Crippen LogP contribution in [0.25, 0.3) is 5.69 Å². The van der Waals surface area contributed by atoms with Gasteiger partial charge in [0.25, 0.3) is 0 Å². The van der Waals surface area contributed by atoms with E-state index in [1.165, 1.54) is 12.1 Å². The van der Waals surface area contributed by atoms with Crippen LogP contribution < -0.4 is 4.74 Å². The van der Waals surface area contributed by atoms with Crippen LogP contribution in [0, 0.1) is 5.82 Å². The van der Waals surface area contributed by atoms with Crippen LogP contribution in [0.3, 0.4) is 0 Å². The van der Waals surface area contributed by atoms with E-state index in [0.29, 0.717) is 31.1 Å². The molecule has 2 aromatic carbocycles. The zero-order valence-corrected chi connectivity index (χ0v) is 18.5. The third-order valence-electron chi connectivity index (χ3n) is 5.63. The van der Waals surface area contributed by atoms with Gasteiger partial charge in [-0.3, -0.25) is 4.79 Å². The van der Waals surface area contributed by atoms with Gasteiger partial charge in [-0.15, -0.1) is 0 Å². The van der Waals surface area contributed by atoms with E-state index in [4.69, 9.17) is 14.6 Å². The number of ether oxygens (including phenoxy) is 2. The minimum absolute atomic E-state index is 0.0252. The second kappa shape index (κ2) is 9.96. The van der Waals surface area contributed by atoms with Crippen LogP contribution in [-0.4, -0.2) is 39.8 Å². The molecule has 1 amide bonds. The van der Waals surface area contributed by atoms with Gasteiger partial charge in [-0.2, -0.15) is 5.10 Å². The van der Waals surface area contributed by atoms with E-state index in [2.05, 4.69) is 0 Å². The van der Waals surface area contributed by atoms with E-state index in [0.717, 1.165) is 36.4 Å². The molecular weight excluding hydrogens is 409 g/mol. The van der Waals surface area contributed by atoms with Crippen LogP contribution >= 0.6 is 0 Å². The molecule has 4 rings (SSSR count). The molecule has 1 saturated heterocycles. The Labute approximate surface area is 187 Å². The molecule has 168 valence electrons. The molecular formula is C25H28FN3O3. The number of nitrogens with zero attached hydrogens (tertiary/aromatic N) is 3. The molecule has 1 fully saturated rings. The van der Waals surface area contributed by atoms with Crippen molar-refractivity contribution in [2.75, 3.05) is 13.2 Å². The Morgan fingerprint density at radius 3 is 2.59 bits per heavy atom. The van der Waals surface area contributed by atoms with Crippen molar-refractivity contribution in [3.8, 4) is 17.3 Å². The first-order chi connectivity index (χ1) is 15.5. The van der Waals surface area contributed by atoms with E-state index in [1.807, 2.05) is 37.3 Å². The fourth-order valence-corrected chi connectivity index (χ4v) is 3.91. The van der Waals surface area contributed by atoms with E-state index in [-0.39, 0.29) is 17.8 Å². The minimum Gasteiger partial charge on any atom is -0.439 e. The Morgan fingerprint density at radius 1 is 1.22 bits per heavy atom. The molecule has 0 bridgehead atoms. The summed E-state index contributed by atoms with van der Waals surface area (Å²) in [6.07, 6.45) is 2.70. The summed E-state index contributed by atoms with van der Waals surface area (Å²) < 4.78 is 27.2. The average Bonchev–Trinajstić information content (AvgIpc) is 3.43. The van der Waals surface area contributed by atoms with E-state index >= 15 is 0 Å². The zero-order valence-electron chi connectivity index (χ0n) is 18.5. The van der Waals surface area contributed by atoms with Crippen molar-refractivity contribution >= 4 is 5.91 Å². The van der Waals surface area contributed by atoms with Gasteiger partial charge in [0.15, 0.2) is 0 Å². The van der Waals surface area contributed by atoms with Crippen LogP contribution in [0.5, 0.6) is 11.6 Å². The number of aromatic nitrogens is 2. The largest absolute Gasteiger partial charge is 0.439 e. The van der Waals surface area contributed by atoms with Gasteiger partial charge in [-0.25, -0.2) is 9.07 Å². The van der Waals surface area contributed by atoms with Crippen LogP contribution in [-0.2, 0) is 22.5 Å². The number of amides is 1. The maximum atomic E-state index is 13.4. The SMILES string of the molecule is CCc1nn(-c2ccccc2)c(Oc2ccc(F)cc2)c1CN(CC1CCCO1)C(C)=O. The van der Waals surface area contributed by atoms with Gasteiger partial charge < -0.3 is 14.4 Å². The van der Waals surface area contributed by atoms with Gasteiger partial charge >= 0.3 is 0 Å². The summed E-state index contributed by atoms with van der Waals surface area (Å²) in [5.74, 6) is 0.671. The van der Waals surface area contributed by atoms with Gasteiger partial charge in [-0.05, 0) is 55.7 Å². The van der Waals surface area contributed by atoms with Crippen molar-refractivity contribution in [3.63, 3.8) is 0 Å². The van der Waals surface area contributed by atoms with Crippen LogP contribution in [0.2, 0.25) is 0 Å². The first-order valence-electron chi connectivity index (χ1n) is 11.0. The number of carbonyl (C=O) groups is 1. The number of carbonyl (C=O) groups excluding carboxylic acids is 1. The number of hydrogen-bond donors (Lipinski definition) is 0. The normalized spacial score (nSPS) is 15.7. The molecule has 0 saturated carbocycles. The lowest BCUT2D eigenvalue weighted by Crippen LogP contribution is -2.35. The molecule has 1 aliphatic heterocycles. The smallest absolute Gasteiger partial charge is 0.227 e. The molecule has 1 atom stereocenters. The molecule has 1 unspecified atom stereocenters. The highest BCUT2D eigenvalue weighted by Gasteiger charge is 2.26. The topological polar surface area (TPSA) is 56.6 Å². The Balaban J connectivity index is 1.74. The summed E-state index contributed by atoms with van der Waals surface area (Å²) in [5.41, 5.74) is 2.54. The van der Waals surface area contributed by atoms with Crippen molar-refractivity contribution in [1.29, 1.82) is 0 Å². The summed E-state index contributed by atoms with van der Waals surface area (Å²) >= 11 is 0. The van der Waals surface area contributed by atoms with Crippen molar-refractivity contribution < 1.29 is 18.7 Å². The van der Waals surface area contributed by atoms with E-state index < -0.39 is 0 Å². The highest BCUT2D eigenvalue weighted by molar-refractivity contribution is 5.73. The van der Waals surface area contributed by atoms with Crippen LogP contribution in [0.15, 0.2) is 54.6 Å². The van der Waals surface area contributed by atoms with Gasteiger partial charge in [0.1, 0.15) is 11.6 Å². The monoisotopic (exact) mass is 437 g/mol. The molecule has 0 N–H and O–H groups in total. The molecule has 3 aromatic rings. The predicted molar refractivity (Wildman–Crippen MR) is 119 cm³/mol. The average molecular weight is 438 g/mol. The minimum atomic E-state index is -0.331. The molecule has 7 heteroatoms. The summed E-state index contributed by atoms with van der Waals surface area (Å²) in [5, 5.41) is 4.81. The second-order valence-corrected chi connectivity index (χ2v) is 7.92. The molecule has 2 heterocycles. The molecule has 1 aromatic heterocycles. The number of aryl methyl sites for hydroxylation is 1. The van der Waals surface area contributed by atoms with E-state index in [1.54, 1.807) is 28.6 Å². The number of benzene rings is 2. The molecule has 0 radical (unpaired) electrons. The van der Waals surface area contributed by atoms with Gasteiger partial charge in [0, 0.05) is 20.1 Å². The fraction of sp³-hybridized carbons (Fsp3) is 0.360. The highest BCUT2D eigenvalue weighted by atomic mass is 19.1. The third kappa shape index (κ3) is 4.99. The molecule has 6 nitrogen and oxygen atoms in total. The Bertz CT molecular complexity index is 1040. The Morgan fingerprint density at radius 2 is 1.97 bits per heavy atom. The van der Waals surface area contributed by atoms with Crippen LogP contribution in [0.4, 0.5) is 4.39 Å². The lowest BCUT2D eigenvalue weighted by molar-refractivity contribution is -0.131. The number of para-hydroxylation sites is 1. The van der Waals surface area contributed by atoms with E-state index in [9.17, 15) is 9.18 Å². The first-order valence-corrected chi connectivity index (χ1v) is 11.0. The van der Waals surface area contributed by atoms with Crippen molar-refractivity contribution in [1.82, 2.24) is 14.7 Å². The maximum Gasteiger partial charge on any atom is 0.227 e. The Kier molecular flexibility index (Phi) is 6.85. The fourth-order valence-electron chi connectivity index (χ4n) is 3.91. The molecule has 0 aliphatic carbocycles. The highest BCUT2D eigenvalue weighted by Crippen LogP contribution is 2.32. The lowest BCUT2D eigenvalue weighted by atomic mass is 10.1. The maximum absolute atomic E-state index is 13.4. The molecule has 32 heavy (non-hydrogen) atoms. The lowest BCUT2D eigenvalue weighted by Gasteiger charge is -2.24. The van der Waals surface area contributed by atoms with Crippen molar-refractivity contribution in [2.24, 2.45) is 0 Å².